The lowest BCUT2D eigenvalue weighted by atomic mass is 10.1. The number of rotatable bonds is 11. The lowest BCUT2D eigenvalue weighted by molar-refractivity contribution is 0.284. The number of halogens is 2. The molecule has 1 saturated heterocycles. The standard InChI is InChI=1S/C36H39ClFN9/c1-25-6-10-28(11-7-25)22-39-34-42-35(40-23-29-12-8-26(2)9-13-29)44-36(43-34)47-27(3)30(24-41-47)5-4-14-45-15-17-46(18-16-45)33-20-31(37)19-32(38)21-33/h4-13,19-21,24H,14-18,22-23H2,1-3H3,(H2,39,40,42,43,44)/b5-4+. The monoisotopic (exact) mass is 651 g/mol. The first-order valence-corrected chi connectivity index (χ1v) is 16.2. The molecule has 242 valence electrons. The predicted octanol–water partition coefficient (Wildman–Crippen LogP) is 6.83. The SMILES string of the molecule is Cc1ccc(CNc2nc(NCc3ccc(C)cc3)nc(-n3ncc(/C=C/CN4CCN(c5cc(F)cc(Cl)c5)CC4)c3C)n2)cc1. The summed E-state index contributed by atoms with van der Waals surface area (Å²) in [5.74, 6) is 1.06. The molecule has 0 amide bonds. The molecule has 3 heterocycles. The van der Waals surface area contributed by atoms with Crippen LogP contribution in [0.25, 0.3) is 12.0 Å². The second-order valence-electron chi connectivity index (χ2n) is 11.9. The fraction of sp³-hybridized carbons (Fsp3) is 0.278. The number of hydrogen-bond acceptors (Lipinski definition) is 8. The van der Waals surface area contributed by atoms with Gasteiger partial charge in [-0.3, -0.25) is 4.90 Å². The molecule has 2 aromatic heterocycles. The molecule has 5 aromatic rings. The van der Waals surface area contributed by atoms with Gasteiger partial charge in [0.25, 0.3) is 5.95 Å². The Morgan fingerprint density at radius 3 is 1.96 bits per heavy atom. The summed E-state index contributed by atoms with van der Waals surface area (Å²) in [5.41, 5.74) is 7.44. The predicted molar refractivity (Wildman–Crippen MR) is 188 cm³/mol. The largest absolute Gasteiger partial charge is 0.369 e. The Labute approximate surface area is 280 Å². The lowest BCUT2D eigenvalue weighted by Gasteiger charge is -2.35. The molecule has 1 fully saturated rings. The van der Waals surface area contributed by atoms with Crippen LogP contribution in [0.5, 0.6) is 0 Å². The van der Waals surface area contributed by atoms with E-state index in [1.807, 2.05) is 19.2 Å². The number of aryl methyl sites for hydroxylation is 2. The Hall–Kier alpha value is -4.80. The molecule has 0 radical (unpaired) electrons. The molecule has 9 nitrogen and oxygen atoms in total. The second-order valence-corrected chi connectivity index (χ2v) is 12.3. The maximum atomic E-state index is 13.8. The van der Waals surface area contributed by atoms with Gasteiger partial charge < -0.3 is 15.5 Å². The van der Waals surface area contributed by atoms with Crippen molar-refractivity contribution >= 4 is 35.3 Å². The quantitative estimate of drug-likeness (QED) is 0.161. The summed E-state index contributed by atoms with van der Waals surface area (Å²) in [7, 11) is 0. The number of hydrogen-bond donors (Lipinski definition) is 2. The molecule has 0 bridgehead atoms. The molecule has 0 unspecified atom stereocenters. The fourth-order valence-electron chi connectivity index (χ4n) is 5.42. The number of benzene rings is 3. The van der Waals surface area contributed by atoms with Gasteiger partial charge in [-0.1, -0.05) is 83.4 Å². The summed E-state index contributed by atoms with van der Waals surface area (Å²) in [5, 5.41) is 11.8. The highest BCUT2D eigenvalue weighted by Gasteiger charge is 2.18. The molecule has 11 heteroatoms. The van der Waals surface area contributed by atoms with Gasteiger partial charge in [0.1, 0.15) is 5.82 Å². The molecule has 0 atom stereocenters. The van der Waals surface area contributed by atoms with E-state index >= 15 is 0 Å². The first-order chi connectivity index (χ1) is 22.8. The molecular formula is C36H39ClFN9. The Bertz CT molecular complexity index is 1740. The minimum atomic E-state index is -0.310. The Kier molecular flexibility index (Phi) is 10.1. The summed E-state index contributed by atoms with van der Waals surface area (Å²) in [6.07, 6.45) is 6.07. The maximum absolute atomic E-state index is 13.8. The van der Waals surface area contributed by atoms with Gasteiger partial charge in [0.05, 0.1) is 11.9 Å². The van der Waals surface area contributed by atoms with Gasteiger partial charge in [-0.05, 0) is 50.1 Å². The number of aromatic nitrogens is 5. The first kappa shape index (κ1) is 32.2. The third-order valence-corrected chi connectivity index (χ3v) is 8.47. The number of anilines is 3. The van der Waals surface area contributed by atoms with E-state index in [0.29, 0.717) is 36.0 Å². The van der Waals surface area contributed by atoms with E-state index in [9.17, 15) is 4.39 Å². The van der Waals surface area contributed by atoms with Gasteiger partial charge in [-0.2, -0.15) is 20.1 Å². The molecule has 1 aliphatic heterocycles. The van der Waals surface area contributed by atoms with E-state index in [0.717, 1.165) is 60.8 Å². The summed E-state index contributed by atoms with van der Waals surface area (Å²) in [6.45, 7) is 11.5. The zero-order chi connectivity index (χ0) is 32.8. The molecular weight excluding hydrogens is 613 g/mol. The smallest absolute Gasteiger partial charge is 0.257 e. The van der Waals surface area contributed by atoms with Crippen LogP contribution in [-0.2, 0) is 13.1 Å². The van der Waals surface area contributed by atoms with Crippen molar-refractivity contribution in [3.63, 3.8) is 0 Å². The van der Waals surface area contributed by atoms with Crippen LogP contribution in [0.1, 0.15) is 33.5 Å². The van der Waals surface area contributed by atoms with Crippen LogP contribution in [0.4, 0.5) is 22.0 Å². The van der Waals surface area contributed by atoms with Crippen molar-refractivity contribution in [1.29, 1.82) is 0 Å². The van der Waals surface area contributed by atoms with Crippen molar-refractivity contribution in [2.45, 2.75) is 33.9 Å². The Morgan fingerprint density at radius 1 is 0.787 bits per heavy atom. The van der Waals surface area contributed by atoms with E-state index in [-0.39, 0.29) is 5.82 Å². The zero-order valence-corrected chi connectivity index (χ0v) is 27.7. The van der Waals surface area contributed by atoms with Gasteiger partial charge in [0.2, 0.25) is 11.9 Å². The van der Waals surface area contributed by atoms with E-state index in [2.05, 4.69) is 105 Å². The van der Waals surface area contributed by atoms with Crippen molar-refractivity contribution in [2.24, 2.45) is 0 Å². The summed E-state index contributed by atoms with van der Waals surface area (Å²) in [6, 6.07) is 21.4. The minimum absolute atomic E-state index is 0.310. The highest BCUT2D eigenvalue weighted by atomic mass is 35.5. The first-order valence-electron chi connectivity index (χ1n) is 15.8. The summed E-state index contributed by atoms with van der Waals surface area (Å²) < 4.78 is 15.6. The average Bonchev–Trinajstić information content (AvgIpc) is 3.43. The third-order valence-electron chi connectivity index (χ3n) is 8.25. The minimum Gasteiger partial charge on any atom is -0.369 e. The molecule has 0 aliphatic carbocycles. The number of nitrogens with zero attached hydrogens (tertiary/aromatic N) is 7. The third kappa shape index (κ3) is 8.52. The summed E-state index contributed by atoms with van der Waals surface area (Å²) >= 11 is 6.07. The molecule has 6 rings (SSSR count). The summed E-state index contributed by atoms with van der Waals surface area (Å²) in [4.78, 5) is 18.7. The molecule has 0 spiro atoms. The lowest BCUT2D eigenvalue weighted by Crippen LogP contribution is -2.46. The van der Waals surface area contributed by atoms with Crippen LogP contribution in [0.15, 0.2) is 79.0 Å². The van der Waals surface area contributed by atoms with E-state index in [1.54, 1.807) is 10.7 Å². The second kappa shape index (κ2) is 14.7. The zero-order valence-electron chi connectivity index (χ0n) is 26.9. The van der Waals surface area contributed by atoms with Crippen molar-refractivity contribution < 1.29 is 4.39 Å². The topological polar surface area (TPSA) is 87.0 Å². The molecule has 0 saturated carbocycles. The van der Waals surface area contributed by atoms with Gasteiger partial charge in [-0.25, -0.2) is 9.07 Å². The van der Waals surface area contributed by atoms with Crippen molar-refractivity contribution in [3.8, 4) is 5.95 Å². The molecule has 2 N–H and O–H groups in total. The van der Waals surface area contributed by atoms with Crippen molar-refractivity contribution in [1.82, 2.24) is 29.6 Å². The highest BCUT2D eigenvalue weighted by Crippen LogP contribution is 2.23. The van der Waals surface area contributed by atoms with Crippen molar-refractivity contribution in [2.75, 3.05) is 48.3 Å². The Balaban J connectivity index is 1.13. The van der Waals surface area contributed by atoms with Crippen LogP contribution in [-0.4, -0.2) is 62.4 Å². The fourth-order valence-corrected chi connectivity index (χ4v) is 5.63. The van der Waals surface area contributed by atoms with E-state index < -0.39 is 0 Å². The van der Waals surface area contributed by atoms with Gasteiger partial charge in [-0.15, -0.1) is 0 Å². The van der Waals surface area contributed by atoms with E-state index in [1.165, 1.54) is 17.2 Å². The normalized spacial score (nSPS) is 13.8. The van der Waals surface area contributed by atoms with Gasteiger partial charge in [0.15, 0.2) is 0 Å². The van der Waals surface area contributed by atoms with Crippen LogP contribution in [0, 0.1) is 26.6 Å². The van der Waals surface area contributed by atoms with Crippen LogP contribution in [0.2, 0.25) is 5.02 Å². The molecule has 3 aromatic carbocycles. The number of piperazine rings is 1. The average molecular weight is 652 g/mol. The van der Waals surface area contributed by atoms with Gasteiger partial charge >= 0.3 is 0 Å². The van der Waals surface area contributed by atoms with Gasteiger partial charge in [0, 0.05) is 62.1 Å². The molecule has 47 heavy (non-hydrogen) atoms. The maximum Gasteiger partial charge on any atom is 0.257 e. The van der Waals surface area contributed by atoms with E-state index in [4.69, 9.17) is 21.6 Å². The molecule has 1 aliphatic rings. The van der Waals surface area contributed by atoms with Crippen LogP contribution < -0.4 is 15.5 Å². The van der Waals surface area contributed by atoms with Crippen LogP contribution >= 0.6 is 11.6 Å². The highest BCUT2D eigenvalue weighted by molar-refractivity contribution is 6.30. The number of nitrogens with one attached hydrogen (secondary N) is 2. The van der Waals surface area contributed by atoms with Crippen LogP contribution in [0.3, 0.4) is 0 Å². The van der Waals surface area contributed by atoms with Crippen molar-refractivity contribution in [3.05, 3.63) is 123 Å². The Morgan fingerprint density at radius 2 is 1.38 bits per heavy atom.